The first-order valence-corrected chi connectivity index (χ1v) is 7.11. The molecule has 0 atom stereocenters. The SMILES string of the molecule is CC1(C)CCN(C(=O)Cn2nnc3ccccc32)CC1. The Morgan fingerprint density at radius 1 is 1.25 bits per heavy atom. The van der Waals surface area contributed by atoms with Crippen molar-refractivity contribution in [1.29, 1.82) is 0 Å². The first-order valence-electron chi connectivity index (χ1n) is 7.11. The Labute approximate surface area is 118 Å². The van der Waals surface area contributed by atoms with Crippen molar-refractivity contribution in [3.05, 3.63) is 24.3 Å². The van der Waals surface area contributed by atoms with Gasteiger partial charge >= 0.3 is 0 Å². The second kappa shape index (κ2) is 4.89. The zero-order valence-corrected chi connectivity index (χ0v) is 12.0. The molecule has 1 aromatic carbocycles. The van der Waals surface area contributed by atoms with Gasteiger partial charge in [-0.1, -0.05) is 31.2 Å². The third kappa shape index (κ3) is 2.53. The van der Waals surface area contributed by atoms with Crippen molar-refractivity contribution < 1.29 is 4.79 Å². The van der Waals surface area contributed by atoms with Gasteiger partial charge in [0.05, 0.1) is 5.52 Å². The molecule has 1 saturated heterocycles. The molecule has 0 unspecified atom stereocenters. The van der Waals surface area contributed by atoms with E-state index in [1.54, 1.807) is 4.68 Å². The van der Waals surface area contributed by atoms with Crippen LogP contribution in [0.3, 0.4) is 0 Å². The number of nitrogens with zero attached hydrogens (tertiary/aromatic N) is 4. The summed E-state index contributed by atoms with van der Waals surface area (Å²) in [5.74, 6) is 0.135. The summed E-state index contributed by atoms with van der Waals surface area (Å²) in [4.78, 5) is 14.3. The molecule has 1 aromatic heterocycles. The Kier molecular flexibility index (Phi) is 3.20. The van der Waals surface area contributed by atoms with Crippen LogP contribution in [0.15, 0.2) is 24.3 Å². The van der Waals surface area contributed by atoms with Crippen molar-refractivity contribution in [2.24, 2.45) is 5.41 Å². The van der Waals surface area contributed by atoms with Gasteiger partial charge in [-0.2, -0.15) is 0 Å². The number of aromatic nitrogens is 3. The maximum absolute atomic E-state index is 12.4. The predicted molar refractivity (Wildman–Crippen MR) is 77.1 cm³/mol. The van der Waals surface area contributed by atoms with E-state index in [4.69, 9.17) is 0 Å². The van der Waals surface area contributed by atoms with Gasteiger partial charge in [0, 0.05) is 13.1 Å². The van der Waals surface area contributed by atoms with Crippen LogP contribution in [-0.4, -0.2) is 38.9 Å². The minimum Gasteiger partial charge on any atom is -0.341 e. The molecule has 1 aliphatic heterocycles. The molecule has 20 heavy (non-hydrogen) atoms. The second-order valence-corrected chi connectivity index (χ2v) is 6.28. The van der Waals surface area contributed by atoms with Crippen molar-refractivity contribution in [1.82, 2.24) is 19.9 Å². The van der Waals surface area contributed by atoms with Gasteiger partial charge in [0.15, 0.2) is 0 Å². The molecular weight excluding hydrogens is 252 g/mol. The van der Waals surface area contributed by atoms with Crippen molar-refractivity contribution in [2.45, 2.75) is 33.2 Å². The molecule has 0 saturated carbocycles. The number of para-hydroxylation sites is 1. The molecular formula is C15H20N4O. The van der Waals surface area contributed by atoms with Crippen LogP contribution in [0.2, 0.25) is 0 Å². The van der Waals surface area contributed by atoms with E-state index >= 15 is 0 Å². The van der Waals surface area contributed by atoms with E-state index in [9.17, 15) is 4.79 Å². The molecule has 5 nitrogen and oxygen atoms in total. The summed E-state index contributed by atoms with van der Waals surface area (Å²) in [6, 6.07) is 7.72. The van der Waals surface area contributed by atoms with Crippen LogP contribution >= 0.6 is 0 Å². The zero-order chi connectivity index (χ0) is 14.2. The van der Waals surface area contributed by atoms with Gasteiger partial charge in [0.1, 0.15) is 12.1 Å². The Morgan fingerprint density at radius 3 is 2.70 bits per heavy atom. The quantitative estimate of drug-likeness (QED) is 0.841. The van der Waals surface area contributed by atoms with Crippen molar-refractivity contribution in [3.63, 3.8) is 0 Å². The van der Waals surface area contributed by atoms with E-state index < -0.39 is 0 Å². The molecule has 0 N–H and O–H groups in total. The third-order valence-electron chi connectivity index (χ3n) is 4.17. The molecule has 0 bridgehead atoms. The normalized spacial score (nSPS) is 18.4. The van der Waals surface area contributed by atoms with Crippen molar-refractivity contribution in [2.75, 3.05) is 13.1 Å². The van der Waals surface area contributed by atoms with Crippen LogP contribution in [0.5, 0.6) is 0 Å². The first kappa shape index (κ1) is 13.1. The Morgan fingerprint density at radius 2 is 1.95 bits per heavy atom. The Balaban J connectivity index is 1.70. The summed E-state index contributed by atoms with van der Waals surface area (Å²) in [7, 11) is 0. The Bertz CT molecular complexity index is 622. The van der Waals surface area contributed by atoms with Crippen LogP contribution in [0.25, 0.3) is 11.0 Å². The summed E-state index contributed by atoms with van der Waals surface area (Å²) < 4.78 is 1.69. The van der Waals surface area contributed by atoms with Gasteiger partial charge in [-0.05, 0) is 30.4 Å². The van der Waals surface area contributed by atoms with Crippen molar-refractivity contribution in [3.8, 4) is 0 Å². The van der Waals surface area contributed by atoms with E-state index in [0.29, 0.717) is 5.41 Å². The van der Waals surface area contributed by atoms with Crippen LogP contribution in [0.4, 0.5) is 0 Å². The number of rotatable bonds is 2. The minimum atomic E-state index is 0.135. The second-order valence-electron chi connectivity index (χ2n) is 6.28. The summed E-state index contributed by atoms with van der Waals surface area (Å²) in [5, 5.41) is 8.16. The van der Waals surface area contributed by atoms with Gasteiger partial charge < -0.3 is 4.90 Å². The lowest BCUT2D eigenvalue weighted by molar-refractivity contribution is -0.134. The zero-order valence-electron chi connectivity index (χ0n) is 12.0. The van der Waals surface area contributed by atoms with Crippen LogP contribution < -0.4 is 0 Å². The standard InChI is InChI=1S/C15H20N4O/c1-15(2)7-9-18(10-8-15)14(20)11-19-13-6-4-3-5-12(13)16-17-19/h3-6H,7-11H2,1-2H3. The monoisotopic (exact) mass is 272 g/mol. The fraction of sp³-hybridized carbons (Fsp3) is 0.533. The number of fused-ring (bicyclic) bond motifs is 1. The van der Waals surface area contributed by atoms with E-state index in [0.717, 1.165) is 37.0 Å². The van der Waals surface area contributed by atoms with E-state index in [-0.39, 0.29) is 12.5 Å². The van der Waals surface area contributed by atoms with Crippen LogP contribution in [0, 0.1) is 5.41 Å². The number of piperidine rings is 1. The lowest BCUT2D eigenvalue weighted by atomic mass is 9.83. The average Bonchev–Trinajstić information content (AvgIpc) is 2.82. The maximum Gasteiger partial charge on any atom is 0.244 e. The fourth-order valence-electron chi connectivity index (χ4n) is 2.62. The molecule has 0 aliphatic carbocycles. The molecule has 2 heterocycles. The van der Waals surface area contributed by atoms with Crippen LogP contribution in [0.1, 0.15) is 26.7 Å². The number of carbonyl (C=O) groups is 1. The maximum atomic E-state index is 12.4. The average molecular weight is 272 g/mol. The highest BCUT2D eigenvalue weighted by molar-refractivity contribution is 5.79. The van der Waals surface area contributed by atoms with Gasteiger partial charge in [-0.3, -0.25) is 4.79 Å². The fourth-order valence-corrected chi connectivity index (χ4v) is 2.62. The number of carbonyl (C=O) groups excluding carboxylic acids is 1. The number of likely N-dealkylation sites (tertiary alicyclic amines) is 1. The van der Waals surface area contributed by atoms with Crippen LogP contribution in [-0.2, 0) is 11.3 Å². The topological polar surface area (TPSA) is 51.0 Å². The largest absolute Gasteiger partial charge is 0.341 e. The third-order valence-corrected chi connectivity index (χ3v) is 4.17. The summed E-state index contributed by atoms with van der Waals surface area (Å²) in [6.45, 7) is 6.50. The number of hydrogen-bond donors (Lipinski definition) is 0. The predicted octanol–water partition coefficient (Wildman–Crippen LogP) is 2.08. The van der Waals surface area contributed by atoms with Gasteiger partial charge in [-0.15, -0.1) is 5.10 Å². The van der Waals surface area contributed by atoms with E-state index in [1.165, 1.54) is 0 Å². The minimum absolute atomic E-state index is 0.135. The molecule has 0 spiro atoms. The van der Waals surface area contributed by atoms with Crippen molar-refractivity contribution >= 4 is 16.9 Å². The lowest BCUT2D eigenvalue weighted by Gasteiger charge is -2.36. The van der Waals surface area contributed by atoms with Gasteiger partial charge in [0.25, 0.3) is 0 Å². The smallest absolute Gasteiger partial charge is 0.244 e. The summed E-state index contributed by atoms with van der Waals surface area (Å²) in [5.41, 5.74) is 2.11. The molecule has 5 heteroatoms. The number of hydrogen-bond acceptors (Lipinski definition) is 3. The molecule has 1 amide bonds. The lowest BCUT2D eigenvalue weighted by Crippen LogP contribution is -2.42. The van der Waals surface area contributed by atoms with Gasteiger partial charge in [0.2, 0.25) is 5.91 Å². The summed E-state index contributed by atoms with van der Waals surface area (Å²) in [6.07, 6.45) is 2.13. The van der Waals surface area contributed by atoms with Gasteiger partial charge in [-0.25, -0.2) is 4.68 Å². The highest BCUT2D eigenvalue weighted by atomic mass is 16.2. The molecule has 2 aromatic rings. The molecule has 1 aliphatic rings. The summed E-state index contributed by atoms with van der Waals surface area (Å²) >= 11 is 0. The van der Waals surface area contributed by atoms with E-state index in [1.807, 2.05) is 29.2 Å². The number of amides is 1. The highest BCUT2D eigenvalue weighted by Gasteiger charge is 2.28. The first-order chi connectivity index (χ1) is 9.55. The number of benzene rings is 1. The molecule has 0 radical (unpaired) electrons. The molecule has 3 rings (SSSR count). The molecule has 106 valence electrons. The van der Waals surface area contributed by atoms with E-state index in [2.05, 4.69) is 24.2 Å². The Hall–Kier alpha value is -1.91. The highest BCUT2D eigenvalue weighted by Crippen LogP contribution is 2.29. The molecule has 1 fully saturated rings.